The first-order valence-electron chi connectivity index (χ1n) is 7.07. The van der Waals surface area contributed by atoms with Gasteiger partial charge in [0, 0.05) is 24.5 Å². The van der Waals surface area contributed by atoms with E-state index in [2.05, 4.69) is 28.2 Å². The molecule has 0 saturated carbocycles. The van der Waals surface area contributed by atoms with Gasteiger partial charge in [-0.3, -0.25) is 4.98 Å². The lowest BCUT2D eigenvalue weighted by Gasteiger charge is -2.14. The van der Waals surface area contributed by atoms with Crippen molar-refractivity contribution in [1.29, 1.82) is 0 Å². The molecule has 4 nitrogen and oxygen atoms in total. The van der Waals surface area contributed by atoms with E-state index in [4.69, 9.17) is 4.74 Å². The SMILES string of the molecule is CCNCc1cc(OCCN(C)C)c2ccccc2n1. The van der Waals surface area contributed by atoms with Crippen LogP contribution in [0.3, 0.4) is 0 Å². The van der Waals surface area contributed by atoms with E-state index < -0.39 is 0 Å². The molecule has 0 amide bonds. The number of hydrogen-bond acceptors (Lipinski definition) is 4. The molecule has 0 saturated heterocycles. The number of hydrogen-bond donors (Lipinski definition) is 1. The first-order valence-corrected chi connectivity index (χ1v) is 7.07. The van der Waals surface area contributed by atoms with E-state index in [-0.39, 0.29) is 0 Å². The molecule has 0 radical (unpaired) electrons. The highest BCUT2D eigenvalue weighted by Crippen LogP contribution is 2.25. The van der Waals surface area contributed by atoms with Gasteiger partial charge in [-0.2, -0.15) is 0 Å². The number of nitrogens with one attached hydrogen (secondary N) is 1. The zero-order valence-electron chi connectivity index (χ0n) is 12.5. The molecule has 0 aliphatic carbocycles. The van der Waals surface area contributed by atoms with E-state index in [9.17, 15) is 0 Å². The fourth-order valence-electron chi connectivity index (χ4n) is 2.00. The normalized spacial score (nSPS) is 11.2. The van der Waals surface area contributed by atoms with E-state index in [0.717, 1.165) is 42.0 Å². The van der Waals surface area contributed by atoms with Crippen LogP contribution in [0, 0.1) is 0 Å². The van der Waals surface area contributed by atoms with Crippen molar-refractivity contribution in [3.8, 4) is 5.75 Å². The largest absolute Gasteiger partial charge is 0.491 e. The molecule has 1 N–H and O–H groups in total. The molecular formula is C16H23N3O. The fraction of sp³-hybridized carbons (Fsp3) is 0.438. The molecule has 0 aliphatic rings. The van der Waals surface area contributed by atoms with Gasteiger partial charge < -0.3 is 15.0 Å². The highest BCUT2D eigenvalue weighted by atomic mass is 16.5. The van der Waals surface area contributed by atoms with E-state index in [0.29, 0.717) is 6.61 Å². The molecule has 0 spiro atoms. The van der Waals surface area contributed by atoms with Crippen LogP contribution in [-0.2, 0) is 6.54 Å². The van der Waals surface area contributed by atoms with Crippen LogP contribution in [0.15, 0.2) is 30.3 Å². The monoisotopic (exact) mass is 273 g/mol. The van der Waals surface area contributed by atoms with Crippen LogP contribution < -0.4 is 10.1 Å². The third kappa shape index (κ3) is 3.92. The average Bonchev–Trinajstić information content (AvgIpc) is 2.44. The highest BCUT2D eigenvalue weighted by Gasteiger charge is 2.06. The highest BCUT2D eigenvalue weighted by molar-refractivity contribution is 5.85. The summed E-state index contributed by atoms with van der Waals surface area (Å²) in [4.78, 5) is 6.78. The molecule has 20 heavy (non-hydrogen) atoms. The lowest BCUT2D eigenvalue weighted by molar-refractivity contribution is 0.263. The summed E-state index contributed by atoms with van der Waals surface area (Å²) < 4.78 is 5.94. The van der Waals surface area contributed by atoms with Crippen LogP contribution >= 0.6 is 0 Å². The van der Waals surface area contributed by atoms with Crippen molar-refractivity contribution < 1.29 is 4.74 Å². The third-order valence-corrected chi connectivity index (χ3v) is 3.08. The zero-order chi connectivity index (χ0) is 14.4. The maximum Gasteiger partial charge on any atom is 0.130 e. The van der Waals surface area contributed by atoms with Gasteiger partial charge in [-0.05, 0) is 32.8 Å². The summed E-state index contributed by atoms with van der Waals surface area (Å²) in [5, 5.41) is 4.38. The van der Waals surface area contributed by atoms with Crippen LogP contribution in [0.25, 0.3) is 10.9 Å². The Labute approximate surface area is 120 Å². The Balaban J connectivity index is 2.24. The van der Waals surface area contributed by atoms with Gasteiger partial charge >= 0.3 is 0 Å². The quantitative estimate of drug-likeness (QED) is 0.840. The van der Waals surface area contributed by atoms with Crippen LogP contribution in [0.4, 0.5) is 0 Å². The maximum absolute atomic E-state index is 5.94. The van der Waals surface area contributed by atoms with Crippen molar-refractivity contribution in [1.82, 2.24) is 15.2 Å². The summed E-state index contributed by atoms with van der Waals surface area (Å²) in [7, 11) is 4.09. The first-order chi connectivity index (χ1) is 9.70. The number of fused-ring (bicyclic) bond motifs is 1. The molecule has 0 fully saturated rings. The van der Waals surface area contributed by atoms with Crippen molar-refractivity contribution in [2.24, 2.45) is 0 Å². The molecule has 0 unspecified atom stereocenters. The summed E-state index contributed by atoms with van der Waals surface area (Å²) in [6, 6.07) is 10.2. The number of ether oxygens (including phenoxy) is 1. The fourth-order valence-corrected chi connectivity index (χ4v) is 2.00. The van der Waals surface area contributed by atoms with Gasteiger partial charge in [0.1, 0.15) is 12.4 Å². The molecule has 4 heteroatoms. The molecular weight excluding hydrogens is 250 g/mol. The predicted molar refractivity (Wildman–Crippen MR) is 83.2 cm³/mol. The Morgan fingerprint density at radius 2 is 2.05 bits per heavy atom. The van der Waals surface area contributed by atoms with E-state index >= 15 is 0 Å². The van der Waals surface area contributed by atoms with E-state index in [1.54, 1.807) is 0 Å². The van der Waals surface area contributed by atoms with Gasteiger partial charge in [-0.25, -0.2) is 0 Å². The Morgan fingerprint density at radius 1 is 1.25 bits per heavy atom. The molecule has 0 atom stereocenters. The van der Waals surface area contributed by atoms with E-state index in [1.165, 1.54) is 0 Å². The van der Waals surface area contributed by atoms with Crippen molar-refractivity contribution in [2.75, 3.05) is 33.8 Å². The number of pyridine rings is 1. The minimum absolute atomic E-state index is 0.682. The third-order valence-electron chi connectivity index (χ3n) is 3.08. The summed E-state index contributed by atoms with van der Waals surface area (Å²) in [6.07, 6.45) is 0. The molecule has 1 aromatic heterocycles. The Hall–Kier alpha value is -1.65. The standard InChI is InChI=1S/C16H23N3O/c1-4-17-12-13-11-16(20-10-9-19(2)3)14-7-5-6-8-15(14)18-13/h5-8,11,17H,4,9-10,12H2,1-3H3. The predicted octanol–water partition coefficient (Wildman–Crippen LogP) is 2.28. The minimum atomic E-state index is 0.682. The summed E-state index contributed by atoms with van der Waals surface area (Å²) >= 11 is 0. The van der Waals surface area contributed by atoms with Gasteiger partial charge in [-0.15, -0.1) is 0 Å². The van der Waals surface area contributed by atoms with Crippen molar-refractivity contribution in [2.45, 2.75) is 13.5 Å². The number of aromatic nitrogens is 1. The lowest BCUT2D eigenvalue weighted by Crippen LogP contribution is -2.19. The van der Waals surface area contributed by atoms with Crippen molar-refractivity contribution >= 4 is 10.9 Å². The van der Waals surface area contributed by atoms with Gasteiger partial charge in [0.15, 0.2) is 0 Å². The second-order valence-corrected chi connectivity index (χ2v) is 5.06. The average molecular weight is 273 g/mol. The molecule has 108 valence electrons. The summed E-state index contributed by atoms with van der Waals surface area (Å²) in [5.74, 6) is 0.922. The molecule has 2 aromatic rings. The Morgan fingerprint density at radius 3 is 2.80 bits per heavy atom. The molecule has 2 rings (SSSR count). The molecule has 1 aromatic carbocycles. The second kappa shape index (κ2) is 7.22. The van der Waals surface area contributed by atoms with Crippen LogP contribution in [0.2, 0.25) is 0 Å². The van der Waals surface area contributed by atoms with Gasteiger partial charge in [0.2, 0.25) is 0 Å². The lowest BCUT2D eigenvalue weighted by atomic mass is 10.2. The van der Waals surface area contributed by atoms with Gasteiger partial charge in [-0.1, -0.05) is 19.1 Å². The van der Waals surface area contributed by atoms with Gasteiger partial charge in [0.05, 0.1) is 11.2 Å². The van der Waals surface area contributed by atoms with Gasteiger partial charge in [0.25, 0.3) is 0 Å². The second-order valence-electron chi connectivity index (χ2n) is 5.06. The number of likely N-dealkylation sites (N-methyl/N-ethyl adjacent to an activating group) is 1. The molecule has 1 heterocycles. The molecule has 0 bridgehead atoms. The van der Waals surface area contributed by atoms with Crippen LogP contribution in [0.1, 0.15) is 12.6 Å². The zero-order valence-corrected chi connectivity index (χ0v) is 12.5. The number of para-hydroxylation sites is 1. The van der Waals surface area contributed by atoms with Crippen LogP contribution in [-0.4, -0.2) is 43.7 Å². The first kappa shape index (κ1) is 14.8. The Bertz CT molecular complexity index is 554. The number of nitrogens with zero attached hydrogens (tertiary/aromatic N) is 2. The smallest absolute Gasteiger partial charge is 0.130 e. The number of rotatable bonds is 7. The number of benzene rings is 1. The maximum atomic E-state index is 5.94. The topological polar surface area (TPSA) is 37.4 Å². The summed E-state index contributed by atoms with van der Waals surface area (Å²) in [5.41, 5.74) is 2.01. The van der Waals surface area contributed by atoms with Crippen LogP contribution in [0.5, 0.6) is 5.75 Å². The Kier molecular flexibility index (Phi) is 5.32. The summed E-state index contributed by atoms with van der Waals surface area (Å²) in [6.45, 7) is 5.38. The minimum Gasteiger partial charge on any atom is -0.491 e. The van der Waals surface area contributed by atoms with Crippen molar-refractivity contribution in [3.05, 3.63) is 36.0 Å². The molecule has 0 aliphatic heterocycles. The van der Waals surface area contributed by atoms with Crippen molar-refractivity contribution in [3.63, 3.8) is 0 Å². The van der Waals surface area contributed by atoms with E-state index in [1.807, 2.05) is 38.4 Å².